The zero-order valence-electron chi connectivity index (χ0n) is 14.0. The molecule has 0 saturated heterocycles. The maximum atomic E-state index is 12.2. The fourth-order valence-electron chi connectivity index (χ4n) is 2.67. The summed E-state index contributed by atoms with van der Waals surface area (Å²) >= 11 is 0. The number of non-ortho nitro benzene ring substituents is 1. The van der Waals surface area contributed by atoms with Crippen LogP contribution in [0, 0.1) is 10.1 Å². The fraction of sp³-hybridized carbons (Fsp3) is 0.167. The molecule has 0 aliphatic carbocycles. The third-order valence-corrected chi connectivity index (χ3v) is 4.00. The largest absolute Gasteiger partial charge is 0.350 e. The number of benzene rings is 2. The normalized spacial score (nSPS) is 10.7. The second kappa shape index (κ2) is 7.14. The molecule has 3 rings (SSSR count). The van der Waals surface area contributed by atoms with Crippen molar-refractivity contribution in [3.8, 4) is 0 Å². The molecule has 2 aromatic carbocycles. The van der Waals surface area contributed by atoms with E-state index >= 15 is 0 Å². The number of aromatic nitrogens is 2. The van der Waals surface area contributed by atoms with Gasteiger partial charge in [-0.05, 0) is 11.6 Å². The van der Waals surface area contributed by atoms with Crippen molar-refractivity contribution in [2.24, 2.45) is 7.05 Å². The zero-order chi connectivity index (χ0) is 18.7. The molecule has 1 N–H and O–H groups in total. The molecule has 8 nitrogen and oxygen atoms in total. The average molecular weight is 352 g/mol. The Hall–Kier alpha value is -3.55. The van der Waals surface area contributed by atoms with Crippen LogP contribution < -0.4 is 10.9 Å². The number of nitro groups is 1. The third-order valence-electron chi connectivity index (χ3n) is 4.00. The summed E-state index contributed by atoms with van der Waals surface area (Å²) in [6, 6.07) is 12.9. The van der Waals surface area contributed by atoms with Gasteiger partial charge in [-0.15, -0.1) is 0 Å². The highest BCUT2D eigenvalue weighted by atomic mass is 16.6. The van der Waals surface area contributed by atoms with E-state index in [4.69, 9.17) is 0 Å². The molecule has 0 spiro atoms. The molecular formula is C18H16N4O4. The maximum Gasteiger partial charge on any atom is 0.274 e. The van der Waals surface area contributed by atoms with Gasteiger partial charge in [0.05, 0.1) is 29.0 Å². The van der Waals surface area contributed by atoms with Crippen molar-refractivity contribution in [1.29, 1.82) is 0 Å². The molecule has 0 bridgehead atoms. The minimum atomic E-state index is -0.486. The summed E-state index contributed by atoms with van der Waals surface area (Å²) in [4.78, 5) is 34.4. The van der Waals surface area contributed by atoms with Gasteiger partial charge in [0.1, 0.15) is 0 Å². The number of hydrogen-bond acceptors (Lipinski definition) is 5. The van der Waals surface area contributed by atoms with E-state index in [0.29, 0.717) is 22.0 Å². The van der Waals surface area contributed by atoms with E-state index in [0.717, 1.165) is 0 Å². The topological polar surface area (TPSA) is 107 Å². The summed E-state index contributed by atoms with van der Waals surface area (Å²) < 4.78 is 1.25. The first kappa shape index (κ1) is 17.3. The Morgan fingerprint density at radius 2 is 1.81 bits per heavy atom. The first-order valence-corrected chi connectivity index (χ1v) is 7.90. The lowest BCUT2D eigenvalue weighted by molar-refractivity contribution is -0.384. The van der Waals surface area contributed by atoms with Crippen LogP contribution in [0.1, 0.15) is 11.3 Å². The van der Waals surface area contributed by atoms with Gasteiger partial charge in [0.25, 0.3) is 11.2 Å². The lowest BCUT2D eigenvalue weighted by atomic mass is 10.1. The van der Waals surface area contributed by atoms with E-state index in [1.165, 1.54) is 16.8 Å². The standard InChI is InChI=1S/C18H16N4O4/c1-21-18(24)15-5-3-2-4-14(15)16(20-21)11-19-17(23)10-12-6-8-13(9-7-12)22(25)26/h2-9H,10-11H2,1H3,(H,19,23). The van der Waals surface area contributed by atoms with Crippen molar-refractivity contribution < 1.29 is 9.72 Å². The lowest BCUT2D eigenvalue weighted by Gasteiger charge is -2.09. The Labute approximate surface area is 148 Å². The molecular weight excluding hydrogens is 336 g/mol. The van der Waals surface area contributed by atoms with Crippen LogP contribution in [0.5, 0.6) is 0 Å². The summed E-state index contributed by atoms with van der Waals surface area (Å²) in [5, 5.41) is 18.9. The summed E-state index contributed by atoms with van der Waals surface area (Å²) in [6.07, 6.45) is 0.0989. The van der Waals surface area contributed by atoms with Crippen LogP contribution in [-0.4, -0.2) is 20.6 Å². The van der Waals surface area contributed by atoms with Crippen LogP contribution in [0.3, 0.4) is 0 Å². The van der Waals surface area contributed by atoms with Crippen molar-refractivity contribution in [2.75, 3.05) is 0 Å². The highest BCUT2D eigenvalue weighted by molar-refractivity contribution is 5.84. The Morgan fingerprint density at radius 1 is 1.15 bits per heavy atom. The van der Waals surface area contributed by atoms with Crippen molar-refractivity contribution in [3.63, 3.8) is 0 Å². The van der Waals surface area contributed by atoms with E-state index in [9.17, 15) is 19.7 Å². The second-order valence-corrected chi connectivity index (χ2v) is 5.80. The van der Waals surface area contributed by atoms with Gasteiger partial charge in [-0.3, -0.25) is 19.7 Å². The van der Waals surface area contributed by atoms with Gasteiger partial charge in [0.2, 0.25) is 5.91 Å². The minimum Gasteiger partial charge on any atom is -0.350 e. The first-order valence-electron chi connectivity index (χ1n) is 7.90. The predicted molar refractivity (Wildman–Crippen MR) is 95.6 cm³/mol. The second-order valence-electron chi connectivity index (χ2n) is 5.80. The van der Waals surface area contributed by atoms with Gasteiger partial charge in [-0.2, -0.15) is 5.10 Å². The molecule has 132 valence electrons. The number of hydrogen-bond donors (Lipinski definition) is 1. The molecule has 1 heterocycles. The number of carbonyl (C=O) groups is 1. The van der Waals surface area contributed by atoms with Crippen molar-refractivity contribution in [2.45, 2.75) is 13.0 Å². The van der Waals surface area contributed by atoms with E-state index in [1.54, 1.807) is 37.4 Å². The molecule has 3 aromatic rings. The highest BCUT2D eigenvalue weighted by Gasteiger charge is 2.11. The zero-order valence-corrected chi connectivity index (χ0v) is 14.0. The van der Waals surface area contributed by atoms with Crippen LogP contribution in [0.4, 0.5) is 5.69 Å². The predicted octanol–water partition coefficient (Wildman–Crippen LogP) is 1.70. The van der Waals surface area contributed by atoms with Crippen LogP contribution >= 0.6 is 0 Å². The molecule has 1 amide bonds. The number of aryl methyl sites for hydroxylation is 1. The van der Waals surface area contributed by atoms with Gasteiger partial charge in [0, 0.05) is 24.6 Å². The molecule has 0 saturated carbocycles. The highest BCUT2D eigenvalue weighted by Crippen LogP contribution is 2.14. The summed E-state index contributed by atoms with van der Waals surface area (Å²) in [7, 11) is 1.57. The summed E-state index contributed by atoms with van der Waals surface area (Å²) in [5.74, 6) is -0.237. The molecule has 1 aromatic heterocycles. The molecule has 0 unspecified atom stereocenters. The van der Waals surface area contributed by atoms with E-state index in [2.05, 4.69) is 10.4 Å². The molecule has 8 heteroatoms. The number of fused-ring (bicyclic) bond motifs is 1. The SMILES string of the molecule is Cn1nc(CNC(=O)Cc2ccc([N+](=O)[O-])cc2)c2ccccc2c1=O. The smallest absolute Gasteiger partial charge is 0.274 e. The van der Waals surface area contributed by atoms with Crippen molar-refractivity contribution >= 4 is 22.4 Å². The van der Waals surface area contributed by atoms with Gasteiger partial charge in [-0.1, -0.05) is 30.3 Å². The maximum absolute atomic E-state index is 12.2. The summed E-state index contributed by atoms with van der Waals surface area (Å²) in [5.41, 5.74) is 1.06. The quantitative estimate of drug-likeness (QED) is 0.555. The van der Waals surface area contributed by atoms with E-state index in [1.807, 2.05) is 6.07 Å². The minimum absolute atomic E-state index is 0.0185. The Balaban J connectivity index is 1.72. The number of nitrogens with one attached hydrogen (secondary N) is 1. The van der Waals surface area contributed by atoms with Gasteiger partial charge >= 0.3 is 0 Å². The Bertz CT molecular complexity index is 1040. The van der Waals surface area contributed by atoms with E-state index < -0.39 is 4.92 Å². The van der Waals surface area contributed by atoms with Crippen LogP contribution in [-0.2, 0) is 24.8 Å². The molecule has 26 heavy (non-hydrogen) atoms. The summed E-state index contributed by atoms with van der Waals surface area (Å²) in [6.45, 7) is 0.181. The lowest BCUT2D eigenvalue weighted by Crippen LogP contribution is -2.28. The Kier molecular flexibility index (Phi) is 4.74. The van der Waals surface area contributed by atoms with Crippen LogP contribution in [0.2, 0.25) is 0 Å². The molecule has 0 radical (unpaired) electrons. The molecule has 0 aliphatic heterocycles. The van der Waals surface area contributed by atoms with Crippen LogP contribution in [0.25, 0.3) is 10.8 Å². The van der Waals surface area contributed by atoms with Gasteiger partial charge in [-0.25, -0.2) is 4.68 Å². The van der Waals surface area contributed by atoms with Gasteiger partial charge < -0.3 is 5.32 Å². The fourth-order valence-corrected chi connectivity index (χ4v) is 2.67. The Morgan fingerprint density at radius 3 is 2.46 bits per heavy atom. The number of carbonyl (C=O) groups excluding carboxylic acids is 1. The number of rotatable bonds is 5. The number of nitro benzene ring substituents is 1. The molecule has 0 fully saturated rings. The number of nitrogens with zero attached hydrogens (tertiary/aromatic N) is 3. The molecule has 0 atom stereocenters. The average Bonchev–Trinajstić information content (AvgIpc) is 2.64. The van der Waals surface area contributed by atoms with E-state index in [-0.39, 0.29) is 30.1 Å². The van der Waals surface area contributed by atoms with Crippen molar-refractivity contribution in [1.82, 2.24) is 15.1 Å². The van der Waals surface area contributed by atoms with Crippen molar-refractivity contribution in [3.05, 3.63) is 80.3 Å². The monoisotopic (exact) mass is 352 g/mol. The molecule has 0 aliphatic rings. The first-order chi connectivity index (χ1) is 12.5. The number of amides is 1. The van der Waals surface area contributed by atoms with Gasteiger partial charge in [0.15, 0.2) is 0 Å². The third kappa shape index (κ3) is 3.59. The van der Waals surface area contributed by atoms with Crippen LogP contribution in [0.15, 0.2) is 53.3 Å².